The molecule has 0 aliphatic carbocycles. The van der Waals surface area contributed by atoms with Gasteiger partial charge in [0.25, 0.3) is 5.91 Å². The van der Waals surface area contributed by atoms with Gasteiger partial charge in [-0.15, -0.1) is 0 Å². The van der Waals surface area contributed by atoms with Gasteiger partial charge in [0.2, 0.25) is 0 Å². The van der Waals surface area contributed by atoms with Crippen molar-refractivity contribution in [1.82, 2.24) is 10.3 Å². The number of oxazole rings is 1. The highest BCUT2D eigenvalue weighted by Crippen LogP contribution is 2.19. The summed E-state index contributed by atoms with van der Waals surface area (Å²) in [4.78, 5) is 17.1. The molecule has 2 aromatic heterocycles. The largest absolute Gasteiger partial charge is 0.469 e. The summed E-state index contributed by atoms with van der Waals surface area (Å²) >= 11 is 0. The second-order valence-corrected chi connectivity index (χ2v) is 6.93. The fourth-order valence-corrected chi connectivity index (χ4v) is 3.21. The van der Waals surface area contributed by atoms with Crippen molar-refractivity contribution in [1.29, 1.82) is 0 Å². The molecule has 5 nitrogen and oxygen atoms in total. The maximum Gasteiger partial charge on any atom is 0.251 e. The molecule has 0 aliphatic heterocycles. The quantitative estimate of drug-likeness (QED) is 0.515. The van der Waals surface area contributed by atoms with E-state index in [9.17, 15) is 4.79 Å². The molecule has 142 valence electrons. The van der Waals surface area contributed by atoms with Gasteiger partial charge in [0.05, 0.1) is 6.26 Å². The van der Waals surface area contributed by atoms with Crippen molar-refractivity contribution >= 4 is 17.0 Å². The molecule has 0 fully saturated rings. The van der Waals surface area contributed by atoms with Crippen molar-refractivity contribution in [2.75, 3.05) is 0 Å². The second-order valence-electron chi connectivity index (χ2n) is 6.93. The number of amides is 1. The Morgan fingerprint density at radius 1 is 1.07 bits per heavy atom. The average Bonchev–Trinajstić information content (AvgIpc) is 3.35. The smallest absolute Gasteiger partial charge is 0.251 e. The Hall–Kier alpha value is -3.34. The number of rotatable bonds is 7. The van der Waals surface area contributed by atoms with E-state index < -0.39 is 0 Å². The van der Waals surface area contributed by atoms with Crippen molar-refractivity contribution in [2.45, 2.75) is 32.2 Å². The number of nitrogens with one attached hydrogen (secondary N) is 1. The lowest BCUT2D eigenvalue weighted by atomic mass is 10.1. The lowest BCUT2D eigenvalue weighted by Crippen LogP contribution is -2.33. The van der Waals surface area contributed by atoms with Crippen LogP contribution in [0.1, 0.15) is 34.5 Å². The lowest BCUT2D eigenvalue weighted by Gasteiger charge is -2.12. The van der Waals surface area contributed by atoms with Crippen LogP contribution < -0.4 is 5.32 Å². The van der Waals surface area contributed by atoms with Crippen LogP contribution in [0.5, 0.6) is 0 Å². The Kier molecular flexibility index (Phi) is 5.24. The number of benzene rings is 2. The van der Waals surface area contributed by atoms with Crippen molar-refractivity contribution in [3.63, 3.8) is 0 Å². The third kappa shape index (κ3) is 4.31. The maximum absolute atomic E-state index is 12.5. The number of aryl methyl sites for hydroxylation is 2. The Bertz CT molecular complexity index is 1050. The van der Waals surface area contributed by atoms with E-state index in [-0.39, 0.29) is 11.9 Å². The molecule has 1 N–H and O–H groups in total. The van der Waals surface area contributed by atoms with E-state index in [1.54, 1.807) is 18.4 Å². The summed E-state index contributed by atoms with van der Waals surface area (Å²) in [5.41, 5.74) is 3.21. The molecular formula is C23H22N2O3. The van der Waals surface area contributed by atoms with E-state index >= 15 is 0 Å². The highest BCUT2D eigenvalue weighted by atomic mass is 16.3. The summed E-state index contributed by atoms with van der Waals surface area (Å²) in [6.45, 7) is 1.95. The summed E-state index contributed by atoms with van der Waals surface area (Å²) in [6.07, 6.45) is 3.87. The molecule has 1 amide bonds. The van der Waals surface area contributed by atoms with Crippen LogP contribution in [0, 0.1) is 0 Å². The van der Waals surface area contributed by atoms with Crippen molar-refractivity contribution in [3.05, 3.63) is 89.7 Å². The summed E-state index contributed by atoms with van der Waals surface area (Å²) in [7, 11) is 0. The molecule has 1 atom stereocenters. The predicted octanol–water partition coefficient (Wildman–Crippen LogP) is 4.57. The predicted molar refractivity (Wildman–Crippen MR) is 107 cm³/mol. The third-order valence-electron chi connectivity index (χ3n) is 4.63. The normalized spacial score (nSPS) is 12.2. The van der Waals surface area contributed by atoms with Gasteiger partial charge < -0.3 is 14.2 Å². The molecule has 28 heavy (non-hydrogen) atoms. The maximum atomic E-state index is 12.5. The van der Waals surface area contributed by atoms with Crippen LogP contribution in [0.15, 0.2) is 75.8 Å². The molecule has 0 saturated heterocycles. The monoisotopic (exact) mass is 374 g/mol. The molecule has 0 saturated carbocycles. The fourth-order valence-electron chi connectivity index (χ4n) is 3.21. The minimum absolute atomic E-state index is 0.0366. The Labute approximate surface area is 163 Å². The van der Waals surface area contributed by atoms with Crippen LogP contribution in [0.4, 0.5) is 0 Å². The Balaban J connectivity index is 1.41. The number of aromatic nitrogens is 1. The molecular weight excluding hydrogens is 352 g/mol. The minimum atomic E-state index is -0.136. The number of hydrogen-bond donors (Lipinski definition) is 1. The van der Waals surface area contributed by atoms with Crippen molar-refractivity contribution < 1.29 is 13.6 Å². The van der Waals surface area contributed by atoms with Crippen LogP contribution in [0.3, 0.4) is 0 Å². The highest BCUT2D eigenvalue weighted by Gasteiger charge is 2.14. The van der Waals surface area contributed by atoms with E-state index in [4.69, 9.17) is 8.83 Å². The van der Waals surface area contributed by atoms with E-state index in [0.29, 0.717) is 23.5 Å². The van der Waals surface area contributed by atoms with E-state index in [2.05, 4.69) is 22.4 Å². The first-order valence-electron chi connectivity index (χ1n) is 9.44. The zero-order valence-electron chi connectivity index (χ0n) is 15.7. The highest BCUT2D eigenvalue weighted by molar-refractivity contribution is 5.97. The average molecular weight is 374 g/mol. The summed E-state index contributed by atoms with van der Waals surface area (Å²) < 4.78 is 11.2. The van der Waals surface area contributed by atoms with Crippen molar-refractivity contribution in [2.24, 2.45) is 0 Å². The number of nitrogens with zero attached hydrogens (tertiary/aromatic N) is 1. The van der Waals surface area contributed by atoms with Gasteiger partial charge in [-0.1, -0.05) is 30.3 Å². The third-order valence-corrected chi connectivity index (χ3v) is 4.63. The number of fused-ring (bicyclic) bond motifs is 1. The summed E-state index contributed by atoms with van der Waals surface area (Å²) in [5, 5.41) is 2.99. The molecule has 5 heteroatoms. The van der Waals surface area contributed by atoms with E-state index in [1.165, 1.54) is 5.56 Å². The van der Waals surface area contributed by atoms with Gasteiger partial charge in [0.1, 0.15) is 11.3 Å². The molecule has 0 unspecified atom stereocenters. The Morgan fingerprint density at radius 3 is 2.71 bits per heavy atom. The molecule has 0 aliphatic rings. The zero-order valence-corrected chi connectivity index (χ0v) is 15.7. The first-order valence-corrected chi connectivity index (χ1v) is 9.44. The van der Waals surface area contributed by atoms with Gasteiger partial charge in [0.15, 0.2) is 11.5 Å². The van der Waals surface area contributed by atoms with Gasteiger partial charge >= 0.3 is 0 Å². The van der Waals surface area contributed by atoms with Crippen LogP contribution in [0.25, 0.3) is 11.1 Å². The number of hydrogen-bond acceptors (Lipinski definition) is 4. The van der Waals surface area contributed by atoms with Gasteiger partial charge in [-0.2, -0.15) is 0 Å². The minimum Gasteiger partial charge on any atom is -0.469 e. The molecule has 0 radical (unpaired) electrons. The van der Waals surface area contributed by atoms with Crippen LogP contribution >= 0.6 is 0 Å². The summed E-state index contributed by atoms with van der Waals surface area (Å²) in [6, 6.07) is 19.3. The number of furan rings is 1. The van der Waals surface area contributed by atoms with Gasteiger partial charge in [-0.3, -0.25) is 4.79 Å². The number of carbonyl (C=O) groups excluding carboxylic acids is 1. The molecule has 2 aromatic carbocycles. The van der Waals surface area contributed by atoms with Gasteiger partial charge in [0, 0.05) is 24.4 Å². The van der Waals surface area contributed by atoms with Crippen LogP contribution in [-0.4, -0.2) is 16.9 Å². The molecule has 0 spiro atoms. The van der Waals surface area contributed by atoms with Gasteiger partial charge in [-0.05, 0) is 49.2 Å². The standard InChI is InChI=1S/C23H22N2O3/c1-16(14-19-8-5-13-27-19)24-23(26)18-10-11-20-21(15-18)28-22(25-20)12-9-17-6-3-2-4-7-17/h2-8,10-11,13,15-16H,9,12,14H2,1H3,(H,24,26)/t16-/m1/s1. The Morgan fingerprint density at radius 2 is 1.93 bits per heavy atom. The fraction of sp³-hybridized carbons (Fsp3) is 0.217. The van der Waals surface area contributed by atoms with Gasteiger partial charge in [-0.25, -0.2) is 4.98 Å². The topological polar surface area (TPSA) is 68.3 Å². The van der Waals surface area contributed by atoms with Crippen LogP contribution in [-0.2, 0) is 19.3 Å². The first kappa shape index (κ1) is 18.0. The second kappa shape index (κ2) is 8.13. The van der Waals surface area contributed by atoms with E-state index in [1.807, 2.05) is 43.3 Å². The molecule has 4 rings (SSSR count). The first-order chi connectivity index (χ1) is 13.7. The zero-order chi connectivity index (χ0) is 19.3. The SMILES string of the molecule is C[C@H](Cc1ccco1)NC(=O)c1ccc2nc(CCc3ccccc3)oc2c1. The number of carbonyl (C=O) groups is 1. The molecule has 0 bridgehead atoms. The lowest BCUT2D eigenvalue weighted by molar-refractivity contribution is 0.0939. The van der Waals surface area contributed by atoms with E-state index in [0.717, 1.165) is 24.1 Å². The summed E-state index contributed by atoms with van der Waals surface area (Å²) in [5.74, 6) is 1.40. The van der Waals surface area contributed by atoms with Crippen molar-refractivity contribution in [3.8, 4) is 0 Å². The molecule has 2 heterocycles. The molecule has 4 aromatic rings. The van der Waals surface area contributed by atoms with Crippen LogP contribution in [0.2, 0.25) is 0 Å².